The highest BCUT2D eigenvalue weighted by Crippen LogP contribution is 2.19. The van der Waals surface area contributed by atoms with E-state index in [4.69, 9.17) is 11.6 Å². The molecule has 2 amide bonds. The van der Waals surface area contributed by atoms with Gasteiger partial charge in [0, 0.05) is 47.9 Å². The molecule has 1 fully saturated rings. The molecule has 4 nitrogen and oxygen atoms in total. The van der Waals surface area contributed by atoms with Crippen molar-refractivity contribution < 1.29 is 4.79 Å². The van der Waals surface area contributed by atoms with Gasteiger partial charge in [-0.15, -0.1) is 11.8 Å². The maximum absolute atomic E-state index is 11.9. The van der Waals surface area contributed by atoms with E-state index < -0.39 is 0 Å². The molecule has 1 aliphatic rings. The lowest BCUT2D eigenvalue weighted by Gasteiger charge is -2.32. The number of piperidine rings is 1. The topological polar surface area (TPSA) is 44.4 Å². The van der Waals surface area contributed by atoms with Crippen LogP contribution in [0.25, 0.3) is 0 Å². The summed E-state index contributed by atoms with van der Waals surface area (Å²) in [6, 6.07) is 7.95. The van der Waals surface area contributed by atoms with Crippen LogP contribution in [-0.2, 0) is 0 Å². The van der Waals surface area contributed by atoms with Gasteiger partial charge in [-0.1, -0.05) is 23.8 Å². The van der Waals surface area contributed by atoms with E-state index in [1.165, 1.54) is 5.57 Å². The zero-order chi connectivity index (χ0) is 17.4. The van der Waals surface area contributed by atoms with Gasteiger partial charge in [0.15, 0.2) is 0 Å². The van der Waals surface area contributed by atoms with Gasteiger partial charge in [-0.2, -0.15) is 0 Å². The Hall–Kier alpha value is -1.17. The summed E-state index contributed by atoms with van der Waals surface area (Å²) in [5.41, 5.74) is 1.19. The van der Waals surface area contributed by atoms with Gasteiger partial charge in [-0.05, 0) is 44.0 Å². The number of nitrogens with zero attached hydrogens (tertiary/aromatic N) is 1. The molecular formula is C18H26ClN3OS. The monoisotopic (exact) mass is 367 g/mol. The molecule has 1 aliphatic heterocycles. The Kier molecular flexibility index (Phi) is 7.95. The highest BCUT2D eigenvalue weighted by atomic mass is 35.5. The SMILES string of the molecule is C=C(C)CN1CCC(NC(=O)NCCSc2ccc(Cl)cc2)CC1. The van der Waals surface area contributed by atoms with Crippen molar-refractivity contribution in [2.75, 3.05) is 31.9 Å². The third kappa shape index (κ3) is 7.16. The van der Waals surface area contributed by atoms with Crippen molar-refractivity contribution in [2.24, 2.45) is 0 Å². The van der Waals surface area contributed by atoms with Gasteiger partial charge < -0.3 is 10.6 Å². The first-order valence-corrected chi connectivity index (χ1v) is 9.69. The lowest BCUT2D eigenvalue weighted by molar-refractivity contribution is 0.202. The van der Waals surface area contributed by atoms with Crippen molar-refractivity contribution >= 4 is 29.4 Å². The number of hydrogen-bond acceptors (Lipinski definition) is 3. The van der Waals surface area contributed by atoms with Gasteiger partial charge in [0.25, 0.3) is 0 Å². The predicted molar refractivity (Wildman–Crippen MR) is 103 cm³/mol. The quantitative estimate of drug-likeness (QED) is 0.438. The van der Waals surface area contributed by atoms with Crippen LogP contribution >= 0.6 is 23.4 Å². The van der Waals surface area contributed by atoms with Gasteiger partial charge in [-0.25, -0.2) is 4.79 Å². The predicted octanol–water partition coefficient (Wildman–Crippen LogP) is 3.77. The third-order valence-corrected chi connectivity index (χ3v) is 5.15. The number of rotatable bonds is 7. The maximum atomic E-state index is 11.9. The Morgan fingerprint density at radius 1 is 1.33 bits per heavy atom. The second kappa shape index (κ2) is 9.97. The summed E-state index contributed by atoms with van der Waals surface area (Å²) < 4.78 is 0. The molecule has 24 heavy (non-hydrogen) atoms. The molecule has 2 rings (SSSR count). The number of amides is 2. The Labute approximate surface area is 154 Å². The molecule has 0 bridgehead atoms. The Bertz CT molecular complexity index is 542. The van der Waals surface area contributed by atoms with Crippen LogP contribution in [0, 0.1) is 0 Å². The second-order valence-electron chi connectivity index (χ2n) is 6.21. The lowest BCUT2D eigenvalue weighted by atomic mass is 10.0. The largest absolute Gasteiger partial charge is 0.337 e. The first-order valence-electron chi connectivity index (χ1n) is 8.32. The number of thioether (sulfide) groups is 1. The van der Waals surface area contributed by atoms with E-state index in [1.54, 1.807) is 11.8 Å². The van der Waals surface area contributed by atoms with E-state index in [-0.39, 0.29) is 12.1 Å². The fraction of sp³-hybridized carbons (Fsp3) is 0.500. The molecule has 1 saturated heterocycles. The standard InChI is InChI=1S/C18H26ClN3OS/c1-14(2)13-22-10-7-16(8-11-22)21-18(23)20-9-12-24-17-5-3-15(19)4-6-17/h3-6,16H,1,7-13H2,2H3,(H2,20,21,23). The number of carbonyl (C=O) groups is 1. The molecular weight excluding hydrogens is 342 g/mol. The Morgan fingerprint density at radius 3 is 2.62 bits per heavy atom. The number of halogens is 1. The summed E-state index contributed by atoms with van der Waals surface area (Å²) in [5, 5.41) is 6.75. The van der Waals surface area contributed by atoms with Crippen molar-refractivity contribution in [3.05, 3.63) is 41.4 Å². The molecule has 0 spiro atoms. The molecule has 0 saturated carbocycles. The third-order valence-electron chi connectivity index (χ3n) is 3.89. The van der Waals surface area contributed by atoms with Gasteiger partial charge in [-0.3, -0.25) is 4.90 Å². The smallest absolute Gasteiger partial charge is 0.315 e. The normalized spacial score (nSPS) is 15.9. The first kappa shape index (κ1) is 19.2. The number of carbonyl (C=O) groups excluding carboxylic acids is 1. The number of nitrogens with one attached hydrogen (secondary N) is 2. The Balaban J connectivity index is 1.57. The highest BCUT2D eigenvalue weighted by molar-refractivity contribution is 7.99. The summed E-state index contributed by atoms with van der Waals surface area (Å²) in [5.74, 6) is 0.839. The van der Waals surface area contributed by atoms with Gasteiger partial charge in [0.2, 0.25) is 0 Å². The lowest BCUT2D eigenvalue weighted by Crippen LogP contribution is -2.48. The average molecular weight is 368 g/mol. The molecule has 1 heterocycles. The van der Waals surface area contributed by atoms with E-state index >= 15 is 0 Å². The molecule has 0 aromatic heterocycles. The highest BCUT2D eigenvalue weighted by Gasteiger charge is 2.20. The van der Waals surface area contributed by atoms with E-state index in [1.807, 2.05) is 24.3 Å². The van der Waals surface area contributed by atoms with Crippen LogP contribution in [-0.4, -0.2) is 48.9 Å². The van der Waals surface area contributed by atoms with E-state index in [2.05, 4.69) is 29.0 Å². The first-order chi connectivity index (χ1) is 11.5. The van der Waals surface area contributed by atoms with Crippen LogP contribution in [0.3, 0.4) is 0 Å². The van der Waals surface area contributed by atoms with Crippen LogP contribution in [0.2, 0.25) is 5.02 Å². The fourth-order valence-corrected chi connectivity index (χ4v) is 3.61. The molecule has 6 heteroatoms. The van der Waals surface area contributed by atoms with Crippen LogP contribution in [0.4, 0.5) is 4.79 Å². The molecule has 132 valence electrons. The molecule has 0 unspecified atom stereocenters. The van der Waals surface area contributed by atoms with Crippen LogP contribution in [0.5, 0.6) is 0 Å². The average Bonchev–Trinajstić information content (AvgIpc) is 2.55. The van der Waals surface area contributed by atoms with Gasteiger partial charge in [0.1, 0.15) is 0 Å². The molecule has 0 aliphatic carbocycles. The minimum absolute atomic E-state index is 0.0648. The zero-order valence-corrected chi connectivity index (χ0v) is 15.8. The number of hydrogen-bond donors (Lipinski definition) is 2. The minimum Gasteiger partial charge on any atom is -0.337 e. The molecule has 1 aromatic carbocycles. The summed E-state index contributed by atoms with van der Waals surface area (Å²) in [7, 11) is 0. The van der Waals surface area contributed by atoms with E-state index in [0.29, 0.717) is 6.54 Å². The van der Waals surface area contributed by atoms with Crippen molar-refractivity contribution in [1.82, 2.24) is 15.5 Å². The van der Waals surface area contributed by atoms with Crippen molar-refractivity contribution in [2.45, 2.75) is 30.7 Å². The fourth-order valence-electron chi connectivity index (χ4n) is 2.72. The number of benzene rings is 1. The van der Waals surface area contributed by atoms with Crippen molar-refractivity contribution in [3.63, 3.8) is 0 Å². The molecule has 2 N–H and O–H groups in total. The number of urea groups is 1. The van der Waals surface area contributed by atoms with Crippen LogP contribution < -0.4 is 10.6 Å². The van der Waals surface area contributed by atoms with Crippen LogP contribution in [0.15, 0.2) is 41.3 Å². The van der Waals surface area contributed by atoms with Crippen molar-refractivity contribution in [1.29, 1.82) is 0 Å². The second-order valence-corrected chi connectivity index (χ2v) is 7.81. The maximum Gasteiger partial charge on any atom is 0.315 e. The van der Waals surface area contributed by atoms with E-state index in [0.717, 1.165) is 48.1 Å². The molecule has 1 aromatic rings. The minimum atomic E-state index is -0.0648. The van der Waals surface area contributed by atoms with Gasteiger partial charge in [0.05, 0.1) is 0 Å². The number of likely N-dealkylation sites (tertiary alicyclic amines) is 1. The summed E-state index contributed by atoms with van der Waals surface area (Å²) >= 11 is 7.57. The van der Waals surface area contributed by atoms with E-state index in [9.17, 15) is 4.79 Å². The van der Waals surface area contributed by atoms with Crippen molar-refractivity contribution in [3.8, 4) is 0 Å². The molecule has 0 radical (unpaired) electrons. The van der Waals surface area contributed by atoms with Gasteiger partial charge >= 0.3 is 6.03 Å². The Morgan fingerprint density at radius 2 is 2.00 bits per heavy atom. The summed E-state index contributed by atoms with van der Waals surface area (Å²) in [6.45, 7) is 9.65. The molecule has 0 atom stereocenters. The summed E-state index contributed by atoms with van der Waals surface area (Å²) in [6.07, 6.45) is 2.00. The van der Waals surface area contributed by atoms with Crippen LogP contribution in [0.1, 0.15) is 19.8 Å². The zero-order valence-electron chi connectivity index (χ0n) is 14.2. The summed E-state index contributed by atoms with van der Waals surface area (Å²) in [4.78, 5) is 15.5.